The molecule has 1 N–H and O–H groups in total. The van der Waals surface area contributed by atoms with Crippen molar-refractivity contribution in [3.8, 4) is 0 Å². The van der Waals surface area contributed by atoms with Gasteiger partial charge in [-0.15, -0.1) is 0 Å². The number of benzene rings is 3. The topological polar surface area (TPSA) is 58.6 Å². The number of carbonyl (C=O) groups is 2. The van der Waals surface area contributed by atoms with Crippen LogP contribution in [-0.4, -0.2) is 31.1 Å². The number of rotatable bonds is 8. The molecule has 5 nitrogen and oxygen atoms in total. The van der Waals surface area contributed by atoms with E-state index in [2.05, 4.69) is 5.32 Å². The molecular weight excluding hydrogens is 481 g/mol. The molecule has 37 heavy (non-hydrogen) atoms. The first kappa shape index (κ1) is 26.4. The zero-order valence-corrected chi connectivity index (χ0v) is 20.6. The third kappa shape index (κ3) is 6.98. The molecule has 3 aromatic carbocycles. The maximum atomic E-state index is 13.5. The molecule has 4 rings (SSSR count). The molecule has 1 saturated heterocycles. The van der Waals surface area contributed by atoms with E-state index in [0.29, 0.717) is 23.4 Å². The number of nitrogens with zero attached hydrogens (tertiary/aromatic N) is 1. The second-order valence-corrected chi connectivity index (χ2v) is 9.18. The Hall–Kier alpha value is -3.65. The van der Waals surface area contributed by atoms with E-state index in [0.717, 1.165) is 42.7 Å². The van der Waals surface area contributed by atoms with Gasteiger partial charge in [0.05, 0.1) is 24.6 Å². The van der Waals surface area contributed by atoms with Crippen LogP contribution in [0.2, 0.25) is 0 Å². The van der Waals surface area contributed by atoms with Crippen molar-refractivity contribution in [3.63, 3.8) is 0 Å². The van der Waals surface area contributed by atoms with Gasteiger partial charge in [-0.05, 0) is 66.8 Å². The van der Waals surface area contributed by atoms with E-state index in [9.17, 15) is 22.8 Å². The number of anilines is 1. The average Bonchev–Trinajstić information content (AvgIpc) is 3.40. The van der Waals surface area contributed by atoms with Crippen LogP contribution in [0.1, 0.15) is 45.5 Å². The van der Waals surface area contributed by atoms with Crippen molar-refractivity contribution >= 4 is 17.5 Å². The Labute approximate surface area is 214 Å². The van der Waals surface area contributed by atoms with Gasteiger partial charge in [0.25, 0.3) is 5.91 Å². The van der Waals surface area contributed by atoms with Gasteiger partial charge in [0.15, 0.2) is 0 Å². The second kappa shape index (κ2) is 11.6. The molecule has 1 atom stereocenters. The molecule has 8 heteroatoms. The van der Waals surface area contributed by atoms with Crippen LogP contribution in [0.25, 0.3) is 0 Å². The van der Waals surface area contributed by atoms with E-state index in [1.807, 2.05) is 19.1 Å². The number of halogens is 3. The number of ether oxygens (including phenoxy) is 1. The molecule has 1 fully saturated rings. The zero-order chi connectivity index (χ0) is 26.4. The molecule has 1 aliphatic heterocycles. The van der Waals surface area contributed by atoms with E-state index < -0.39 is 11.7 Å². The lowest BCUT2D eigenvalue weighted by Crippen LogP contribution is -2.33. The molecule has 0 spiro atoms. The lowest BCUT2D eigenvalue weighted by atomic mass is 10.0. The Kier molecular flexibility index (Phi) is 8.28. The Bertz CT molecular complexity index is 1220. The number of alkyl halides is 3. The number of carbonyl (C=O) groups excluding carboxylic acids is 2. The first-order chi connectivity index (χ1) is 17.7. The maximum absolute atomic E-state index is 13.5. The lowest BCUT2D eigenvalue weighted by molar-refractivity contribution is -0.137. The van der Waals surface area contributed by atoms with Gasteiger partial charge in [-0.2, -0.15) is 13.2 Å². The molecule has 0 saturated carbocycles. The fourth-order valence-corrected chi connectivity index (χ4v) is 4.29. The monoisotopic (exact) mass is 510 g/mol. The van der Waals surface area contributed by atoms with Crippen LogP contribution in [0.3, 0.4) is 0 Å². The van der Waals surface area contributed by atoms with Crippen molar-refractivity contribution in [1.82, 2.24) is 5.32 Å². The summed E-state index contributed by atoms with van der Waals surface area (Å²) in [5, 5.41) is 2.90. The molecule has 0 aromatic heterocycles. The Morgan fingerprint density at radius 3 is 2.27 bits per heavy atom. The summed E-state index contributed by atoms with van der Waals surface area (Å²) in [4.78, 5) is 27.4. The number of hydrogen-bond acceptors (Lipinski definition) is 3. The summed E-state index contributed by atoms with van der Waals surface area (Å²) in [5.41, 5.74) is 2.49. The van der Waals surface area contributed by atoms with Gasteiger partial charge in [0, 0.05) is 24.4 Å². The van der Waals surface area contributed by atoms with E-state index in [1.54, 1.807) is 36.4 Å². The van der Waals surface area contributed by atoms with Crippen LogP contribution >= 0.6 is 0 Å². The van der Waals surface area contributed by atoms with Crippen LogP contribution in [0.5, 0.6) is 0 Å². The van der Waals surface area contributed by atoms with Crippen LogP contribution in [0.4, 0.5) is 18.9 Å². The highest BCUT2D eigenvalue weighted by Crippen LogP contribution is 2.30. The smallest absolute Gasteiger partial charge is 0.376 e. The highest BCUT2D eigenvalue weighted by atomic mass is 19.4. The number of aryl methyl sites for hydroxylation is 1. The average molecular weight is 511 g/mol. The van der Waals surface area contributed by atoms with Gasteiger partial charge in [0.2, 0.25) is 5.91 Å². The van der Waals surface area contributed by atoms with Gasteiger partial charge in [-0.25, -0.2) is 0 Å². The van der Waals surface area contributed by atoms with Gasteiger partial charge in [0.1, 0.15) is 0 Å². The molecule has 1 unspecified atom stereocenters. The Morgan fingerprint density at radius 1 is 0.973 bits per heavy atom. The van der Waals surface area contributed by atoms with E-state index in [-0.39, 0.29) is 30.9 Å². The van der Waals surface area contributed by atoms with Crippen LogP contribution in [0, 0.1) is 6.92 Å². The van der Waals surface area contributed by atoms with Crippen molar-refractivity contribution < 1.29 is 27.5 Å². The minimum Gasteiger partial charge on any atom is -0.376 e. The molecule has 1 aliphatic rings. The molecule has 194 valence electrons. The molecule has 0 radical (unpaired) electrons. The first-order valence-corrected chi connectivity index (χ1v) is 12.2. The molecule has 0 bridgehead atoms. The summed E-state index contributed by atoms with van der Waals surface area (Å²) in [6.45, 7) is 3.14. The molecule has 2 amide bonds. The summed E-state index contributed by atoms with van der Waals surface area (Å²) in [6.07, 6.45) is -2.22. The minimum absolute atomic E-state index is 0.0672. The Balaban J connectivity index is 1.51. The van der Waals surface area contributed by atoms with Crippen molar-refractivity contribution in [2.45, 2.75) is 45.0 Å². The highest BCUT2D eigenvalue weighted by Gasteiger charge is 2.30. The normalized spacial score (nSPS) is 15.4. The standard InChI is InChI=1S/C29H29F3N2O3/c1-20-5-2-3-7-26(20)28(36)34(19-22-8-12-23(13-9-22)29(30,31)32)24-14-10-21(11-15-24)17-27(35)33-18-25-6-4-16-37-25/h2-3,5,7-15,25H,4,6,16-19H2,1H3,(H,33,35). The molecular formula is C29H29F3N2O3. The van der Waals surface area contributed by atoms with Gasteiger partial charge >= 0.3 is 6.18 Å². The van der Waals surface area contributed by atoms with Crippen molar-refractivity contribution in [1.29, 1.82) is 0 Å². The van der Waals surface area contributed by atoms with Crippen LogP contribution in [0.15, 0.2) is 72.8 Å². The predicted octanol–water partition coefficient (Wildman–Crippen LogP) is 5.70. The first-order valence-electron chi connectivity index (χ1n) is 12.2. The number of nitrogens with one attached hydrogen (secondary N) is 1. The van der Waals surface area contributed by atoms with E-state index in [1.165, 1.54) is 17.0 Å². The summed E-state index contributed by atoms with van der Waals surface area (Å²) in [7, 11) is 0. The van der Waals surface area contributed by atoms with E-state index >= 15 is 0 Å². The third-order valence-electron chi connectivity index (χ3n) is 6.41. The SMILES string of the molecule is Cc1ccccc1C(=O)N(Cc1ccc(C(F)(F)F)cc1)c1ccc(CC(=O)NCC2CCCO2)cc1. The Morgan fingerprint density at radius 2 is 1.65 bits per heavy atom. The molecule has 3 aromatic rings. The van der Waals surface area contributed by atoms with E-state index in [4.69, 9.17) is 4.74 Å². The summed E-state index contributed by atoms with van der Waals surface area (Å²) < 4.78 is 44.5. The summed E-state index contributed by atoms with van der Waals surface area (Å²) in [5.74, 6) is -0.374. The highest BCUT2D eigenvalue weighted by molar-refractivity contribution is 6.07. The second-order valence-electron chi connectivity index (χ2n) is 9.18. The van der Waals surface area contributed by atoms with Crippen molar-refractivity contribution in [3.05, 3.63) is 101 Å². The third-order valence-corrected chi connectivity index (χ3v) is 6.41. The van der Waals surface area contributed by atoms with Crippen molar-refractivity contribution in [2.75, 3.05) is 18.1 Å². The minimum atomic E-state index is -4.43. The molecule has 0 aliphatic carbocycles. The fraction of sp³-hybridized carbons (Fsp3) is 0.310. The van der Waals surface area contributed by atoms with Crippen LogP contribution in [-0.2, 0) is 28.7 Å². The lowest BCUT2D eigenvalue weighted by Gasteiger charge is -2.24. The van der Waals surface area contributed by atoms with Crippen LogP contribution < -0.4 is 10.2 Å². The summed E-state index contributed by atoms with van der Waals surface area (Å²) >= 11 is 0. The summed E-state index contributed by atoms with van der Waals surface area (Å²) in [6, 6.07) is 19.0. The van der Waals surface area contributed by atoms with Crippen molar-refractivity contribution in [2.24, 2.45) is 0 Å². The fourth-order valence-electron chi connectivity index (χ4n) is 4.29. The molecule has 1 heterocycles. The van der Waals surface area contributed by atoms with Gasteiger partial charge in [-0.3, -0.25) is 9.59 Å². The number of amides is 2. The van der Waals surface area contributed by atoms with Gasteiger partial charge in [-0.1, -0.05) is 42.5 Å². The predicted molar refractivity (Wildman–Crippen MR) is 135 cm³/mol. The van der Waals surface area contributed by atoms with Gasteiger partial charge < -0.3 is 15.0 Å². The maximum Gasteiger partial charge on any atom is 0.416 e. The largest absolute Gasteiger partial charge is 0.416 e. The number of hydrogen-bond donors (Lipinski definition) is 1. The zero-order valence-electron chi connectivity index (χ0n) is 20.6. The quantitative estimate of drug-likeness (QED) is 0.423.